The van der Waals surface area contributed by atoms with Gasteiger partial charge in [0.1, 0.15) is 6.04 Å². The molecule has 3 aromatic carbocycles. The van der Waals surface area contributed by atoms with Gasteiger partial charge in [0.15, 0.2) is 0 Å². The molecule has 1 amide bonds. The summed E-state index contributed by atoms with van der Waals surface area (Å²) in [5, 5.41) is 12.5. The molecule has 35 heavy (non-hydrogen) atoms. The average Bonchev–Trinajstić information content (AvgIpc) is 2.87. The van der Waals surface area contributed by atoms with Gasteiger partial charge in [0.05, 0.1) is 18.4 Å². The van der Waals surface area contributed by atoms with Gasteiger partial charge in [-0.15, -0.1) is 0 Å². The molecule has 2 atom stereocenters. The van der Waals surface area contributed by atoms with E-state index in [-0.39, 0.29) is 19.4 Å². The fraction of sp³-hybridized carbons (Fsp3) is 0.276. The molecule has 0 spiro atoms. The van der Waals surface area contributed by atoms with E-state index < -0.39 is 35.2 Å². The van der Waals surface area contributed by atoms with Gasteiger partial charge in [-0.05, 0) is 29.5 Å². The van der Waals surface area contributed by atoms with Crippen molar-refractivity contribution >= 4 is 17.8 Å². The minimum Gasteiger partial charge on any atom is -0.480 e. The lowest BCUT2D eigenvalue weighted by atomic mass is 9.67. The van der Waals surface area contributed by atoms with Gasteiger partial charge in [-0.25, -0.2) is 4.79 Å². The van der Waals surface area contributed by atoms with Crippen molar-refractivity contribution in [3.8, 4) is 0 Å². The summed E-state index contributed by atoms with van der Waals surface area (Å²) < 4.78 is 4.96. The summed E-state index contributed by atoms with van der Waals surface area (Å²) in [7, 11) is 0. The number of benzene rings is 3. The fourth-order valence-corrected chi connectivity index (χ4v) is 4.49. The number of ether oxygens (including phenoxy) is 1. The highest BCUT2D eigenvalue weighted by atomic mass is 16.5. The van der Waals surface area contributed by atoms with Crippen LogP contribution in [0.25, 0.3) is 0 Å². The van der Waals surface area contributed by atoms with Gasteiger partial charge >= 0.3 is 11.9 Å². The summed E-state index contributed by atoms with van der Waals surface area (Å²) in [5.41, 5.74) is 1.90. The molecule has 0 aliphatic rings. The molecule has 0 fully saturated rings. The van der Waals surface area contributed by atoms with E-state index in [1.807, 2.05) is 91.0 Å². The summed E-state index contributed by atoms with van der Waals surface area (Å²) in [5.74, 6) is -2.76. The number of rotatable bonds is 11. The highest BCUT2D eigenvalue weighted by Crippen LogP contribution is 2.42. The molecule has 3 aromatic rings. The molecule has 6 heteroatoms. The second-order valence-electron chi connectivity index (χ2n) is 8.55. The Bertz CT molecular complexity index is 1020. The van der Waals surface area contributed by atoms with Crippen molar-refractivity contribution < 1.29 is 24.2 Å². The number of hydrogen-bond acceptors (Lipinski definition) is 4. The third kappa shape index (κ3) is 6.15. The zero-order chi connectivity index (χ0) is 25.3. The van der Waals surface area contributed by atoms with Crippen molar-refractivity contribution in [1.29, 1.82) is 0 Å². The van der Waals surface area contributed by atoms with E-state index in [9.17, 15) is 19.5 Å². The van der Waals surface area contributed by atoms with E-state index in [2.05, 4.69) is 5.32 Å². The molecule has 0 radical (unpaired) electrons. The number of aliphatic carboxylic acids is 1. The number of amides is 1. The third-order valence-corrected chi connectivity index (χ3v) is 6.17. The van der Waals surface area contributed by atoms with Crippen LogP contribution in [-0.4, -0.2) is 35.6 Å². The van der Waals surface area contributed by atoms with Crippen LogP contribution in [0.1, 0.15) is 43.4 Å². The molecule has 6 nitrogen and oxygen atoms in total. The first-order valence-corrected chi connectivity index (χ1v) is 11.7. The lowest BCUT2D eigenvalue weighted by Gasteiger charge is -2.36. The average molecular weight is 474 g/mol. The molecule has 0 aliphatic heterocycles. The van der Waals surface area contributed by atoms with E-state index in [1.165, 1.54) is 0 Å². The zero-order valence-electron chi connectivity index (χ0n) is 20.0. The summed E-state index contributed by atoms with van der Waals surface area (Å²) in [6.07, 6.45) is -0.118. The predicted molar refractivity (Wildman–Crippen MR) is 134 cm³/mol. The third-order valence-electron chi connectivity index (χ3n) is 6.17. The normalized spacial score (nSPS) is 12.9. The van der Waals surface area contributed by atoms with Crippen LogP contribution in [0.3, 0.4) is 0 Å². The smallest absolute Gasteiger partial charge is 0.326 e. The summed E-state index contributed by atoms with van der Waals surface area (Å²) in [4.78, 5) is 37.5. The monoisotopic (exact) mass is 473 g/mol. The summed E-state index contributed by atoms with van der Waals surface area (Å²) >= 11 is 0. The van der Waals surface area contributed by atoms with Crippen LogP contribution in [0.15, 0.2) is 91.0 Å². The number of hydrogen-bond donors (Lipinski definition) is 2. The van der Waals surface area contributed by atoms with Crippen LogP contribution in [-0.2, 0) is 24.5 Å². The topological polar surface area (TPSA) is 92.7 Å². The number of carboxylic acids is 1. The molecular weight excluding hydrogens is 442 g/mol. The molecule has 0 bridgehead atoms. The van der Waals surface area contributed by atoms with Crippen LogP contribution in [0.4, 0.5) is 0 Å². The highest BCUT2D eigenvalue weighted by molar-refractivity contribution is 5.86. The second-order valence-corrected chi connectivity index (χ2v) is 8.55. The molecule has 0 unspecified atom stereocenters. The molecule has 3 rings (SSSR count). The maximum absolute atomic E-state index is 13.5. The Morgan fingerprint density at radius 2 is 1.26 bits per heavy atom. The predicted octanol–water partition coefficient (Wildman–Crippen LogP) is 4.57. The van der Waals surface area contributed by atoms with E-state index in [0.29, 0.717) is 0 Å². The number of esters is 1. The first-order valence-electron chi connectivity index (χ1n) is 11.7. The van der Waals surface area contributed by atoms with Gasteiger partial charge < -0.3 is 15.2 Å². The number of carbonyl (C=O) groups excluding carboxylic acids is 2. The van der Waals surface area contributed by atoms with Crippen LogP contribution >= 0.6 is 0 Å². The van der Waals surface area contributed by atoms with Gasteiger partial charge in [0.2, 0.25) is 5.91 Å². The standard InChI is InChI=1S/C29H31NO5/c1-3-35-26(32)19-21(2)27(28(33)34)30-25(31)20-29(22-13-7-4-8-14-22,23-15-9-5-10-16-23)24-17-11-6-12-18-24/h4-18,21,27H,3,19-20H2,1-2H3,(H,30,31)(H,33,34)/t21-,27-/m1/s1. The van der Waals surface area contributed by atoms with Crippen LogP contribution in [0, 0.1) is 5.92 Å². The zero-order valence-corrected chi connectivity index (χ0v) is 20.0. The van der Waals surface area contributed by atoms with E-state index in [4.69, 9.17) is 4.74 Å². The lowest BCUT2D eigenvalue weighted by Crippen LogP contribution is -2.48. The summed E-state index contributed by atoms with van der Waals surface area (Å²) in [6.45, 7) is 3.52. The Morgan fingerprint density at radius 3 is 1.63 bits per heavy atom. The number of carboxylic acid groups (broad SMARTS) is 1. The second kappa shape index (κ2) is 12.0. The SMILES string of the molecule is CCOC(=O)C[C@@H](C)[C@@H](NC(=O)CC(c1ccccc1)(c1ccccc1)c1ccccc1)C(=O)O. The molecule has 2 N–H and O–H groups in total. The van der Waals surface area contributed by atoms with E-state index in [1.54, 1.807) is 13.8 Å². The van der Waals surface area contributed by atoms with Crippen molar-refractivity contribution in [2.24, 2.45) is 5.92 Å². The molecule has 0 saturated carbocycles. The quantitative estimate of drug-likeness (QED) is 0.314. The Hall–Kier alpha value is -3.93. The van der Waals surface area contributed by atoms with Gasteiger partial charge in [-0.1, -0.05) is 97.9 Å². The highest BCUT2D eigenvalue weighted by Gasteiger charge is 2.39. The molecular formula is C29H31NO5. The van der Waals surface area contributed by atoms with E-state index in [0.717, 1.165) is 16.7 Å². The lowest BCUT2D eigenvalue weighted by molar-refractivity contribution is -0.147. The van der Waals surface area contributed by atoms with Crippen molar-refractivity contribution in [3.05, 3.63) is 108 Å². The van der Waals surface area contributed by atoms with Gasteiger partial charge in [-0.2, -0.15) is 0 Å². The molecule has 182 valence electrons. The van der Waals surface area contributed by atoms with Crippen LogP contribution in [0.2, 0.25) is 0 Å². The van der Waals surface area contributed by atoms with Gasteiger partial charge in [0.25, 0.3) is 0 Å². The summed E-state index contributed by atoms with van der Waals surface area (Å²) in [6, 6.07) is 27.9. The maximum Gasteiger partial charge on any atom is 0.326 e. The largest absolute Gasteiger partial charge is 0.480 e. The van der Waals surface area contributed by atoms with Crippen LogP contribution in [0.5, 0.6) is 0 Å². The van der Waals surface area contributed by atoms with E-state index >= 15 is 0 Å². The Kier molecular flexibility index (Phi) is 8.79. The Balaban J connectivity index is 2.01. The van der Waals surface area contributed by atoms with Crippen LogP contribution < -0.4 is 5.32 Å². The first kappa shape index (κ1) is 25.7. The molecule has 0 aliphatic carbocycles. The Morgan fingerprint density at radius 1 is 0.829 bits per heavy atom. The first-order chi connectivity index (χ1) is 16.9. The minimum absolute atomic E-state index is 0.0129. The van der Waals surface area contributed by atoms with Gasteiger partial charge in [-0.3, -0.25) is 9.59 Å². The number of nitrogens with one attached hydrogen (secondary N) is 1. The van der Waals surface area contributed by atoms with Crippen molar-refractivity contribution in [2.45, 2.75) is 38.1 Å². The van der Waals surface area contributed by atoms with Crippen molar-refractivity contribution in [3.63, 3.8) is 0 Å². The molecule has 0 aromatic heterocycles. The number of carbonyl (C=O) groups is 3. The van der Waals surface area contributed by atoms with Gasteiger partial charge in [0, 0.05) is 6.42 Å². The molecule has 0 saturated heterocycles. The van der Waals surface area contributed by atoms with Crippen molar-refractivity contribution in [1.82, 2.24) is 5.32 Å². The maximum atomic E-state index is 13.5. The van der Waals surface area contributed by atoms with Crippen molar-refractivity contribution in [2.75, 3.05) is 6.61 Å². The molecule has 0 heterocycles. The fourth-order valence-electron chi connectivity index (χ4n) is 4.49. The minimum atomic E-state index is -1.23. The Labute approximate surface area is 206 Å².